The van der Waals surface area contributed by atoms with Gasteiger partial charge < -0.3 is 15.1 Å². The van der Waals surface area contributed by atoms with E-state index in [1.165, 1.54) is 64.4 Å². The number of rotatable bonds is 6. The molecule has 2 fully saturated rings. The predicted molar refractivity (Wildman–Crippen MR) is 90.5 cm³/mol. The first-order valence-corrected chi connectivity index (χ1v) is 8.71. The number of likely N-dealkylation sites (tertiary alicyclic amines) is 1. The molecule has 0 unspecified atom stereocenters. The molecule has 0 aromatic carbocycles. The lowest BCUT2D eigenvalue weighted by Crippen LogP contribution is -2.47. The van der Waals surface area contributed by atoms with E-state index >= 15 is 0 Å². The standard InChI is InChI=1S/C17H34N4/c1-4-5-17(18-2)15-20-8-6-16(7-9-20)14-21-12-10-19(3)11-13-21/h5,16,18H,4,6-15H2,1-3H3/b17-5+. The SMILES string of the molecule is CC/C=C(\CN1CCC(CN2CCN(C)CC2)CC1)NC. The summed E-state index contributed by atoms with van der Waals surface area (Å²) >= 11 is 0. The molecule has 0 aliphatic carbocycles. The van der Waals surface area contributed by atoms with E-state index in [2.05, 4.69) is 40.1 Å². The number of hydrogen-bond donors (Lipinski definition) is 1. The quantitative estimate of drug-likeness (QED) is 0.800. The van der Waals surface area contributed by atoms with E-state index in [0.29, 0.717) is 0 Å². The molecule has 0 radical (unpaired) electrons. The minimum atomic E-state index is 0.915. The average Bonchev–Trinajstić information content (AvgIpc) is 2.51. The van der Waals surface area contributed by atoms with Crippen LogP contribution in [0.2, 0.25) is 0 Å². The molecule has 0 aromatic heterocycles. The first-order chi connectivity index (χ1) is 10.2. The van der Waals surface area contributed by atoms with Crippen molar-refractivity contribution in [3.05, 3.63) is 11.8 Å². The Morgan fingerprint density at radius 1 is 1.05 bits per heavy atom. The lowest BCUT2D eigenvalue weighted by Gasteiger charge is -2.38. The average molecular weight is 294 g/mol. The van der Waals surface area contributed by atoms with Crippen LogP contribution in [0.15, 0.2) is 11.8 Å². The van der Waals surface area contributed by atoms with Gasteiger partial charge in [-0.3, -0.25) is 4.90 Å². The second-order valence-electron chi connectivity index (χ2n) is 6.71. The molecule has 4 heteroatoms. The number of nitrogens with zero attached hydrogens (tertiary/aromatic N) is 3. The van der Waals surface area contributed by atoms with Crippen LogP contribution in [0, 0.1) is 5.92 Å². The topological polar surface area (TPSA) is 21.8 Å². The van der Waals surface area contributed by atoms with Gasteiger partial charge in [0.15, 0.2) is 0 Å². The molecule has 0 amide bonds. The molecule has 0 atom stereocenters. The summed E-state index contributed by atoms with van der Waals surface area (Å²) in [6.45, 7) is 12.2. The highest BCUT2D eigenvalue weighted by atomic mass is 15.2. The first-order valence-electron chi connectivity index (χ1n) is 8.71. The zero-order valence-corrected chi connectivity index (χ0v) is 14.3. The van der Waals surface area contributed by atoms with Crippen LogP contribution in [-0.4, -0.2) is 81.2 Å². The first kappa shape index (κ1) is 16.8. The number of hydrogen-bond acceptors (Lipinski definition) is 4. The number of allylic oxidation sites excluding steroid dienone is 1. The molecule has 0 aromatic rings. The molecule has 2 aliphatic heterocycles. The minimum Gasteiger partial charge on any atom is -0.391 e. The van der Waals surface area contributed by atoms with E-state index in [4.69, 9.17) is 0 Å². The molecule has 2 rings (SSSR count). The minimum absolute atomic E-state index is 0.915. The number of nitrogens with one attached hydrogen (secondary N) is 1. The van der Waals surface area contributed by atoms with E-state index < -0.39 is 0 Å². The zero-order valence-electron chi connectivity index (χ0n) is 14.3. The maximum atomic E-state index is 3.34. The Morgan fingerprint density at radius 3 is 2.29 bits per heavy atom. The zero-order chi connectivity index (χ0) is 15.1. The van der Waals surface area contributed by atoms with Gasteiger partial charge in [-0.25, -0.2) is 0 Å². The summed E-state index contributed by atoms with van der Waals surface area (Å²) < 4.78 is 0. The highest BCUT2D eigenvalue weighted by molar-refractivity contribution is 5.01. The Bertz CT molecular complexity index is 313. The van der Waals surface area contributed by atoms with Crippen molar-refractivity contribution in [2.75, 3.05) is 66.5 Å². The third-order valence-electron chi connectivity index (χ3n) is 4.99. The highest BCUT2D eigenvalue weighted by Gasteiger charge is 2.23. The van der Waals surface area contributed by atoms with Gasteiger partial charge in [-0.2, -0.15) is 0 Å². The monoisotopic (exact) mass is 294 g/mol. The van der Waals surface area contributed by atoms with Crippen molar-refractivity contribution in [1.82, 2.24) is 20.0 Å². The van der Waals surface area contributed by atoms with Crippen molar-refractivity contribution < 1.29 is 0 Å². The number of likely N-dealkylation sites (N-methyl/N-ethyl adjacent to an activating group) is 2. The largest absolute Gasteiger partial charge is 0.391 e. The smallest absolute Gasteiger partial charge is 0.0378 e. The summed E-state index contributed by atoms with van der Waals surface area (Å²) in [5.41, 5.74) is 1.38. The Morgan fingerprint density at radius 2 is 1.71 bits per heavy atom. The van der Waals surface area contributed by atoms with Gasteiger partial charge in [0, 0.05) is 52.0 Å². The van der Waals surface area contributed by atoms with Crippen molar-refractivity contribution in [3.63, 3.8) is 0 Å². The Hall–Kier alpha value is -0.580. The molecule has 2 saturated heterocycles. The molecule has 2 heterocycles. The summed E-state index contributed by atoms with van der Waals surface area (Å²) in [5, 5.41) is 3.34. The molecule has 4 nitrogen and oxygen atoms in total. The van der Waals surface area contributed by atoms with Crippen molar-refractivity contribution >= 4 is 0 Å². The fourth-order valence-electron chi connectivity index (χ4n) is 3.46. The van der Waals surface area contributed by atoms with Gasteiger partial charge in [0.25, 0.3) is 0 Å². The fourth-order valence-corrected chi connectivity index (χ4v) is 3.46. The molecule has 122 valence electrons. The van der Waals surface area contributed by atoms with Gasteiger partial charge in [0.2, 0.25) is 0 Å². The van der Waals surface area contributed by atoms with Crippen LogP contribution in [0.1, 0.15) is 26.2 Å². The summed E-state index contributed by atoms with van der Waals surface area (Å²) in [6, 6.07) is 0. The molecule has 0 bridgehead atoms. The maximum absolute atomic E-state index is 3.34. The maximum Gasteiger partial charge on any atom is 0.0378 e. The van der Waals surface area contributed by atoms with Gasteiger partial charge in [-0.1, -0.05) is 13.0 Å². The molecule has 1 N–H and O–H groups in total. The van der Waals surface area contributed by atoms with E-state index in [9.17, 15) is 0 Å². The second kappa shape index (κ2) is 8.76. The summed E-state index contributed by atoms with van der Waals surface area (Å²) in [7, 11) is 4.28. The molecule has 2 aliphatic rings. The fraction of sp³-hybridized carbons (Fsp3) is 0.882. The van der Waals surface area contributed by atoms with Gasteiger partial charge in [0.05, 0.1) is 0 Å². The summed E-state index contributed by atoms with van der Waals surface area (Å²) in [6.07, 6.45) is 6.18. The Balaban J connectivity index is 1.67. The molecule has 0 saturated carbocycles. The lowest BCUT2D eigenvalue weighted by atomic mass is 9.95. The van der Waals surface area contributed by atoms with Crippen LogP contribution in [0.25, 0.3) is 0 Å². The Labute approximate surface area is 131 Å². The third kappa shape index (κ3) is 5.61. The highest BCUT2D eigenvalue weighted by Crippen LogP contribution is 2.19. The van der Waals surface area contributed by atoms with Crippen molar-refractivity contribution in [1.29, 1.82) is 0 Å². The van der Waals surface area contributed by atoms with Crippen LogP contribution in [0.5, 0.6) is 0 Å². The van der Waals surface area contributed by atoms with Gasteiger partial charge in [0.1, 0.15) is 0 Å². The van der Waals surface area contributed by atoms with E-state index in [0.717, 1.165) is 18.9 Å². The molecular weight excluding hydrogens is 260 g/mol. The number of piperazine rings is 1. The van der Waals surface area contributed by atoms with Crippen molar-refractivity contribution in [2.45, 2.75) is 26.2 Å². The third-order valence-corrected chi connectivity index (χ3v) is 4.99. The van der Waals surface area contributed by atoms with Crippen molar-refractivity contribution in [2.24, 2.45) is 5.92 Å². The molecule has 21 heavy (non-hydrogen) atoms. The summed E-state index contributed by atoms with van der Waals surface area (Å²) in [5.74, 6) is 0.915. The van der Waals surface area contributed by atoms with Crippen LogP contribution in [-0.2, 0) is 0 Å². The van der Waals surface area contributed by atoms with E-state index in [-0.39, 0.29) is 0 Å². The molecular formula is C17H34N4. The van der Waals surface area contributed by atoms with Crippen LogP contribution in [0.4, 0.5) is 0 Å². The van der Waals surface area contributed by atoms with Gasteiger partial charge in [-0.15, -0.1) is 0 Å². The lowest BCUT2D eigenvalue weighted by molar-refractivity contribution is 0.108. The van der Waals surface area contributed by atoms with Gasteiger partial charge in [-0.05, 0) is 45.3 Å². The Kier molecular flexibility index (Phi) is 7.00. The number of piperidine rings is 1. The summed E-state index contributed by atoms with van der Waals surface area (Å²) in [4.78, 5) is 7.73. The van der Waals surface area contributed by atoms with Crippen LogP contribution in [0.3, 0.4) is 0 Å². The van der Waals surface area contributed by atoms with E-state index in [1.807, 2.05) is 7.05 Å². The molecule has 0 spiro atoms. The van der Waals surface area contributed by atoms with Crippen molar-refractivity contribution in [3.8, 4) is 0 Å². The van der Waals surface area contributed by atoms with Gasteiger partial charge >= 0.3 is 0 Å². The van der Waals surface area contributed by atoms with E-state index in [1.54, 1.807) is 0 Å². The van der Waals surface area contributed by atoms with Crippen LogP contribution < -0.4 is 5.32 Å². The predicted octanol–water partition coefficient (Wildman–Crippen LogP) is 1.46. The second-order valence-corrected chi connectivity index (χ2v) is 6.71. The normalized spacial score (nSPS) is 24.4. The van der Waals surface area contributed by atoms with Crippen LogP contribution >= 0.6 is 0 Å².